The first-order chi connectivity index (χ1) is 6.62. The maximum Gasteiger partial charge on any atom is 0.165 e. The van der Waals surface area contributed by atoms with E-state index >= 15 is 0 Å². The molecule has 1 saturated heterocycles. The lowest BCUT2D eigenvalue weighted by atomic mass is 10.1. The van der Waals surface area contributed by atoms with Crippen LogP contribution in [0.2, 0.25) is 0 Å². The zero-order valence-electron chi connectivity index (χ0n) is 8.60. The molecule has 2 nitrogen and oxygen atoms in total. The minimum atomic E-state index is -0.332. The summed E-state index contributed by atoms with van der Waals surface area (Å²) in [5.74, 6) is -0.332. The lowest BCUT2D eigenvalue weighted by Gasteiger charge is -2.21. The Bertz CT molecular complexity index is 156. The molecule has 0 aliphatic carbocycles. The Hall–Kier alpha value is 0.500. The molecule has 0 aromatic rings. The molecule has 1 aliphatic heterocycles. The molecule has 0 amide bonds. The van der Waals surface area contributed by atoms with Crippen molar-refractivity contribution in [2.24, 2.45) is 0 Å². The number of hydrogen-bond donors (Lipinski definition) is 0. The summed E-state index contributed by atoms with van der Waals surface area (Å²) in [5.41, 5.74) is 0. The molecule has 0 atom stereocenters. The Morgan fingerprint density at radius 3 is 2.36 bits per heavy atom. The highest BCUT2D eigenvalue weighted by molar-refractivity contribution is 6.44. The Labute approximate surface area is 95.9 Å². The van der Waals surface area contributed by atoms with Gasteiger partial charge in [-0.3, -0.25) is 0 Å². The number of unbranched alkanes of at least 4 members (excludes halogenated alkanes) is 2. The molecular weight excluding hydrogens is 223 g/mol. The number of halogens is 2. The molecule has 1 aliphatic rings. The van der Waals surface area contributed by atoms with Crippen molar-refractivity contribution in [2.45, 2.75) is 49.7 Å². The minimum absolute atomic E-state index is 0.218. The highest BCUT2D eigenvalue weighted by Gasteiger charge is 2.29. The molecule has 84 valence electrons. The van der Waals surface area contributed by atoms with Crippen molar-refractivity contribution in [3.63, 3.8) is 0 Å². The smallest absolute Gasteiger partial charge is 0.165 e. The largest absolute Gasteiger partial charge is 0.348 e. The first-order valence-electron chi connectivity index (χ1n) is 5.18. The van der Waals surface area contributed by atoms with Crippen molar-refractivity contribution in [3.05, 3.63) is 0 Å². The predicted octanol–water partition coefficient (Wildman–Crippen LogP) is 3.50. The predicted molar refractivity (Wildman–Crippen MR) is 58.9 cm³/mol. The summed E-state index contributed by atoms with van der Waals surface area (Å²) in [6.07, 6.45) is 5.16. The third kappa shape index (κ3) is 4.83. The molecule has 1 fully saturated rings. The van der Waals surface area contributed by atoms with E-state index in [1.807, 2.05) is 6.92 Å². The summed E-state index contributed by atoms with van der Waals surface area (Å²) >= 11 is 11.3. The molecule has 0 unspecified atom stereocenters. The third-order valence-electron chi connectivity index (χ3n) is 2.45. The topological polar surface area (TPSA) is 18.5 Å². The van der Waals surface area contributed by atoms with Crippen LogP contribution < -0.4 is 0 Å². The average molecular weight is 241 g/mol. The summed E-state index contributed by atoms with van der Waals surface area (Å²) in [7, 11) is 0. The first-order valence-corrected chi connectivity index (χ1v) is 6.06. The number of alkyl halides is 2. The third-order valence-corrected chi connectivity index (χ3v) is 2.89. The van der Waals surface area contributed by atoms with Crippen molar-refractivity contribution in [3.8, 4) is 0 Å². The van der Waals surface area contributed by atoms with Crippen molar-refractivity contribution in [2.75, 3.05) is 13.2 Å². The van der Waals surface area contributed by atoms with E-state index < -0.39 is 0 Å². The molecule has 1 heterocycles. The molecule has 0 bridgehead atoms. The van der Waals surface area contributed by atoms with E-state index in [4.69, 9.17) is 32.7 Å². The van der Waals surface area contributed by atoms with Crippen LogP contribution in [0.5, 0.6) is 0 Å². The Morgan fingerprint density at radius 2 is 1.79 bits per heavy atom. The molecule has 4 heteroatoms. The van der Waals surface area contributed by atoms with Crippen LogP contribution in [0.25, 0.3) is 0 Å². The first kappa shape index (κ1) is 12.6. The van der Waals surface area contributed by atoms with E-state index in [1.54, 1.807) is 0 Å². The number of hydrogen-bond acceptors (Lipinski definition) is 2. The fraction of sp³-hybridized carbons (Fsp3) is 1.00. The van der Waals surface area contributed by atoms with Crippen molar-refractivity contribution in [1.82, 2.24) is 0 Å². The second-order valence-electron chi connectivity index (χ2n) is 3.82. The van der Waals surface area contributed by atoms with E-state index in [-0.39, 0.29) is 10.6 Å². The minimum Gasteiger partial charge on any atom is -0.348 e. The normalized spacial score (nSPS) is 20.6. The Balaban J connectivity index is 1.98. The van der Waals surface area contributed by atoms with Crippen LogP contribution >= 0.6 is 23.2 Å². The van der Waals surface area contributed by atoms with Gasteiger partial charge >= 0.3 is 0 Å². The van der Waals surface area contributed by atoms with Crippen LogP contribution in [-0.4, -0.2) is 23.8 Å². The van der Waals surface area contributed by atoms with Crippen LogP contribution in [0.3, 0.4) is 0 Å². The van der Waals surface area contributed by atoms with Gasteiger partial charge in [0.15, 0.2) is 5.79 Å². The highest BCUT2D eigenvalue weighted by atomic mass is 35.5. The molecule has 0 saturated carbocycles. The van der Waals surface area contributed by atoms with Crippen LogP contribution in [0.15, 0.2) is 0 Å². The molecule has 0 N–H and O–H groups in total. The van der Waals surface area contributed by atoms with Gasteiger partial charge in [-0.05, 0) is 19.8 Å². The van der Waals surface area contributed by atoms with Gasteiger partial charge in [0, 0.05) is 6.42 Å². The van der Waals surface area contributed by atoms with E-state index in [1.165, 1.54) is 0 Å². The number of ether oxygens (including phenoxy) is 2. The van der Waals surface area contributed by atoms with Crippen LogP contribution in [-0.2, 0) is 9.47 Å². The van der Waals surface area contributed by atoms with Gasteiger partial charge in [-0.1, -0.05) is 12.8 Å². The van der Waals surface area contributed by atoms with Gasteiger partial charge in [-0.15, -0.1) is 23.2 Å². The summed E-state index contributed by atoms with van der Waals surface area (Å²) < 4.78 is 11.0. The van der Waals surface area contributed by atoms with Gasteiger partial charge in [0.05, 0.1) is 13.2 Å². The average Bonchev–Trinajstić information content (AvgIpc) is 2.51. The molecule has 0 aromatic carbocycles. The van der Waals surface area contributed by atoms with Gasteiger partial charge < -0.3 is 9.47 Å². The maximum atomic E-state index is 5.63. The molecule has 1 rings (SSSR count). The lowest BCUT2D eigenvalue weighted by Crippen LogP contribution is -2.24. The molecule has 0 spiro atoms. The molecular formula is C10H18Cl2O2. The van der Waals surface area contributed by atoms with Gasteiger partial charge in [-0.2, -0.15) is 0 Å². The monoisotopic (exact) mass is 240 g/mol. The second kappa shape index (κ2) is 6.16. The van der Waals surface area contributed by atoms with E-state index in [0.717, 1.165) is 45.3 Å². The zero-order chi connectivity index (χ0) is 10.4. The van der Waals surface area contributed by atoms with Crippen molar-refractivity contribution < 1.29 is 9.47 Å². The van der Waals surface area contributed by atoms with Crippen LogP contribution in [0.4, 0.5) is 0 Å². The fourth-order valence-electron chi connectivity index (χ4n) is 1.62. The van der Waals surface area contributed by atoms with Crippen LogP contribution in [0, 0.1) is 0 Å². The fourth-order valence-corrected chi connectivity index (χ4v) is 1.93. The van der Waals surface area contributed by atoms with E-state index in [9.17, 15) is 0 Å². The molecule has 14 heavy (non-hydrogen) atoms. The SMILES string of the molecule is CC1(CCCCCC(Cl)Cl)OCCO1. The molecule has 0 aromatic heterocycles. The Kier molecular flexibility index (Phi) is 5.53. The summed E-state index contributed by atoms with van der Waals surface area (Å²) in [5, 5.41) is 0. The standard InChI is InChI=1S/C10H18Cl2O2/c1-10(13-7-8-14-10)6-4-2-3-5-9(11)12/h9H,2-8H2,1H3. The maximum absolute atomic E-state index is 5.63. The van der Waals surface area contributed by atoms with Crippen LogP contribution in [0.1, 0.15) is 39.0 Å². The molecule has 0 radical (unpaired) electrons. The van der Waals surface area contributed by atoms with Gasteiger partial charge in [0.1, 0.15) is 4.84 Å². The van der Waals surface area contributed by atoms with Crippen molar-refractivity contribution >= 4 is 23.2 Å². The summed E-state index contributed by atoms with van der Waals surface area (Å²) in [6.45, 7) is 3.45. The van der Waals surface area contributed by atoms with Crippen molar-refractivity contribution in [1.29, 1.82) is 0 Å². The summed E-state index contributed by atoms with van der Waals surface area (Å²) in [4.78, 5) is -0.218. The quantitative estimate of drug-likeness (QED) is 0.523. The Morgan fingerprint density at radius 1 is 1.14 bits per heavy atom. The second-order valence-corrected chi connectivity index (χ2v) is 5.10. The van der Waals surface area contributed by atoms with Gasteiger partial charge in [0.25, 0.3) is 0 Å². The number of rotatable bonds is 6. The summed E-state index contributed by atoms with van der Waals surface area (Å²) in [6, 6.07) is 0. The highest BCUT2D eigenvalue weighted by Crippen LogP contribution is 2.25. The van der Waals surface area contributed by atoms with Gasteiger partial charge in [0.2, 0.25) is 0 Å². The zero-order valence-corrected chi connectivity index (χ0v) is 10.1. The van der Waals surface area contributed by atoms with E-state index in [2.05, 4.69) is 0 Å². The lowest BCUT2D eigenvalue weighted by molar-refractivity contribution is -0.147. The van der Waals surface area contributed by atoms with Gasteiger partial charge in [-0.25, -0.2) is 0 Å². The van der Waals surface area contributed by atoms with E-state index in [0.29, 0.717) is 0 Å².